The van der Waals surface area contributed by atoms with Gasteiger partial charge in [-0.3, -0.25) is 0 Å². The van der Waals surface area contributed by atoms with E-state index in [-0.39, 0.29) is 0 Å². The lowest BCUT2D eigenvalue weighted by molar-refractivity contribution is 0.696. The summed E-state index contributed by atoms with van der Waals surface area (Å²) in [6.07, 6.45) is 1.46. The molecule has 0 aliphatic carbocycles. The Bertz CT molecular complexity index is 380. The fraction of sp³-hybridized carbons (Fsp3) is 0.111. The monoisotopic (exact) mass is 174 g/mol. The van der Waals surface area contributed by atoms with Gasteiger partial charge in [0.25, 0.3) is 0 Å². The second kappa shape index (κ2) is 3.26. The second-order valence-corrected chi connectivity index (χ2v) is 2.76. The van der Waals surface area contributed by atoms with Crippen molar-refractivity contribution in [2.24, 2.45) is 0 Å². The van der Waals surface area contributed by atoms with Crippen molar-refractivity contribution in [3.8, 4) is 0 Å². The molecule has 0 radical (unpaired) electrons. The first kappa shape index (κ1) is 7.79. The highest BCUT2D eigenvalue weighted by Crippen LogP contribution is 2.03. The molecular weight excluding hydrogens is 164 g/mol. The Morgan fingerprint density at radius 3 is 2.62 bits per heavy atom. The van der Waals surface area contributed by atoms with Crippen LogP contribution in [-0.2, 0) is 6.54 Å². The molecule has 4 heteroatoms. The maximum absolute atomic E-state index is 5.58. The number of rotatable bonds is 2. The van der Waals surface area contributed by atoms with Gasteiger partial charge in [-0.25, -0.2) is 9.67 Å². The maximum Gasteiger partial charge on any atom is 0.218 e. The number of benzene rings is 1. The Morgan fingerprint density at radius 1 is 1.23 bits per heavy atom. The Morgan fingerprint density at radius 2 is 2.00 bits per heavy atom. The van der Waals surface area contributed by atoms with Gasteiger partial charge >= 0.3 is 0 Å². The minimum Gasteiger partial charge on any atom is -0.368 e. The second-order valence-electron chi connectivity index (χ2n) is 2.76. The largest absolute Gasteiger partial charge is 0.368 e. The SMILES string of the molecule is Nc1ncnn1Cc1ccccc1. The molecule has 66 valence electrons. The summed E-state index contributed by atoms with van der Waals surface area (Å²) >= 11 is 0. The van der Waals surface area contributed by atoms with Gasteiger partial charge in [-0.15, -0.1) is 0 Å². The normalized spacial score (nSPS) is 10.2. The number of hydrogen-bond donors (Lipinski definition) is 1. The molecule has 2 aromatic rings. The van der Waals surface area contributed by atoms with E-state index in [9.17, 15) is 0 Å². The van der Waals surface area contributed by atoms with Gasteiger partial charge in [-0.05, 0) is 5.56 Å². The molecule has 0 saturated heterocycles. The lowest BCUT2D eigenvalue weighted by Crippen LogP contribution is -2.05. The summed E-state index contributed by atoms with van der Waals surface area (Å²) in [5.74, 6) is 0.448. The van der Waals surface area contributed by atoms with Crippen LogP contribution in [0.5, 0.6) is 0 Å². The van der Waals surface area contributed by atoms with Crippen LogP contribution in [0.1, 0.15) is 5.56 Å². The summed E-state index contributed by atoms with van der Waals surface area (Å²) < 4.78 is 1.66. The predicted molar refractivity (Wildman–Crippen MR) is 50.0 cm³/mol. The summed E-state index contributed by atoms with van der Waals surface area (Å²) in [6.45, 7) is 0.673. The summed E-state index contributed by atoms with van der Waals surface area (Å²) in [5, 5.41) is 3.99. The fourth-order valence-electron chi connectivity index (χ4n) is 1.15. The summed E-state index contributed by atoms with van der Waals surface area (Å²) in [6, 6.07) is 10.0. The third kappa shape index (κ3) is 1.66. The van der Waals surface area contributed by atoms with Crippen molar-refractivity contribution in [1.29, 1.82) is 0 Å². The molecule has 0 unspecified atom stereocenters. The van der Waals surface area contributed by atoms with Gasteiger partial charge in [-0.2, -0.15) is 5.10 Å². The molecule has 0 aliphatic heterocycles. The van der Waals surface area contributed by atoms with E-state index in [1.165, 1.54) is 11.9 Å². The molecule has 2 rings (SSSR count). The first-order valence-electron chi connectivity index (χ1n) is 4.03. The predicted octanol–water partition coefficient (Wildman–Crippen LogP) is 0.909. The Hall–Kier alpha value is -1.84. The fourth-order valence-corrected chi connectivity index (χ4v) is 1.15. The molecule has 0 amide bonds. The lowest BCUT2D eigenvalue weighted by atomic mass is 10.2. The molecule has 0 fully saturated rings. The van der Waals surface area contributed by atoms with Crippen molar-refractivity contribution in [3.05, 3.63) is 42.2 Å². The van der Waals surface area contributed by atoms with Crippen molar-refractivity contribution in [2.45, 2.75) is 6.54 Å². The Balaban J connectivity index is 2.20. The van der Waals surface area contributed by atoms with Crippen LogP contribution in [0.15, 0.2) is 36.7 Å². The number of nitrogen functional groups attached to an aromatic ring is 1. The third-order valence-electron chi connectivity index (χ3n) is 1.82. The van der Waals surface area contributed by atoms with Crippen LogP contribution in [0.25, 0.3) is 0 Å². The zero-order valence-corrected chi connectivity index (χ0v) is 7.09. The minimum atomic E-state index is 0.448. The van der Waals surface area contributed by atoms with E-state index in [1.54, 1.807) is 4.68 Å². The molecule has 4 nitrogen and oxygen atoms in total. The van der Waals surface area contributed by atoms with Crippen LogP contribution < -0.4 is 5.73 Å². The summed E-state index contributed by atoms with van der Waals surface area (Å²) in [5.41, 5.74) is 6.74. The van der Waals surface area contributed by atoms with E-state index in [2.05, 4.69) is 10.1 Å². The van der Waals surface area contributed by atoms with Crippen LogP contribution in [0.4, 0.5) is 5.95 Å². The van der Waals surface area contributed by atoms with E-state index in [4.69, 9.17) is 5.73 Å². The number of anilines is 1. The number of nitrogens with zero attached hydrogens (tertiary/aromatic N) is 3. The third-order valence-corrected chi connectivity index (χ3v) is 1.82. The zero-order chi connectivity index (χ0) is 9.10. The molecular formula is C9H10N4. The molecule has 0 saturated carbocycles. The van der Waals surface area contributed by atoms with Gasteiger partial charge in [0.15, 0.2) is 0 Å². The van der Waals surface area contributed by atoms with Crippen molar-refractivity contribution in [3.63, 3.8) is 0 Å². The molecule has 1 heterocycles. The average molecular weight is 174 g/mol. The number of hydrogen-bond acceptors (Lipinski definition) is 3. The van der Waals surface area contributed by atoms with Crippen LogP contribution in [0.3, 0.4) is 0 Å². The van der Waals surface area contributed by atoms with Gasteiger partial charge in [0.2, 0.25) is 5.95 Å². The topological polar surface area (TPSA) is 56.7 Å². The van der Waals surface area contributed by atoms with Gasteiger partial charge in [0.1, 0.15) is 6.33 Å². The minimum absolute atomic E-state index is 0.448. The van der Waals surface area contributed by atoms with Crippen molar-refractivity contribution in [1.82, 2.24) is 14.8 Å². The molecule has 13 heavy (non-hydrogen) atoms. The Kier molecular flexibility index (Phi) is 1.96. The van der Waals surface area contributed by atoms with E-state index >= 15 is 0 Å². The summed E-state index contributed by atoms with van der Waals surface area (Å²) in [7, 11) is 0. The van der Waals surface area contributed by atoms with Crippen LogP contribution >= 0.6 is 0 Å². The molecule has 0 atom stereocenters. The zero-order valence-electron chi connectivity index (χ0n) is 7.09. The first-order chi connectivity index (χ1) is 6.36. The van der Waals surface area contributed by atoms with Crippen molar-refractivity contribution >= 4 is 5.95 Å². The average Bonchev–Trinajstić information content (AvgIpc) is 2.54. The van der Waals surface area contributed by atoms with Gasteiger partial charge in [0.05, 0.1) is 6.54 Å². The molecule has 2 N–H and O–H groups in total. The van der Waals surface area contributed by atoms with Crippen molar-refractivity contribution in [2.75, 3.05) is 5.73 Å². The molecule has 0 aliphatic rings. The molecule has 1 aromatic carbocycles. The van der Waals surface area contributed by atoms with E-state index in [1.807, 2.05) is 30.3 Å². The lowest BCUT2D eigenvalue weighted by Gasteiger charge is -2.01. The standard InChI is InChI=1S/C9H10N4/c10-9-11-7-12-13(9)6-8-4-2-1-3-5-8/h1-5,7H,6H2,(H2,10,11,12). The van der Waals surface area contributed by atoms with Gasteiger partial charge < -0.3 is 5.73 Å². The molecule has 0 bridgehead atoms. The van der Waals surface area contributed by atoms with Crippen LogP contribution in [0, 0.1) is 0 Å². The van der Waals surface area contributed by atoms with Crippen molar-refractivity contribution < 1.29 is 0 Å². The van der Waals surface area contributed by atoms with Crippen LogP contribution in [-0.4, -0.2) is 14.8 Å². The molecule has 0 spiro atoms. The highest BCUT2D eigenvalue weighted by atomic mass is 15.4. The number of aromatic nitrogens is 3. The summed E-state index contributed by atoms with van der Waals surface area (Å²) in [4.78, 5) is 3.84. The van der Waals surface area contributed by atoms with E-state index in [0.29, 0.717) is 12.5 Å². The smallest absolute Gasteiger partial charge is 0.218 e. The van der Waals surface area contributed by atoms with E-state index in [0.717, 1.165) is 0 Å². The Labute approximate surface area is 76.0 Å². The number of nitrogens with two attached hydrogens (primary N) is 1. The first-order valence-corrected chi connectivity index (χ1v) is 4.03. The van der Waals surface area contributed by atoms with Gasteiger partial charge in [-0.1, -0.05) is 30.3 Å². The van der Waals surface area contributed by atoms with E-state index < -0.39 is 0 Å². The van der Waals surface area contributed by atoms with Crippen LogP contribution in [0.2, 0.25) is 0 Å². The quantitative estimate of drug-likeness (QED) is 0.736. The highest BCUT2D eigenvalue weighted by molar-refractivity contribution is 5.19. The highest BCUT2D eigenvalue weighted by Gasteiger charge is 1.98. The maximum atomic E-state index is 5.58. The van der Waals surface area contributed by atoms with Gasteiger partial charge in [0, 0.05) is 0 Å². The molecule has 1 aromatic heterocycles.